The molecule has 5 aromatic rings. The van der Waals surface area contributed by atoms with Crippen LogP contribution < -0.4 is 15.4 Å². The van der Waals surface area contributed by atoms with Gasteiger partial charge in [-0.05, 0) is 44.4 Å². The van der Waals surface area contributed by atoms with Gasteiger partial charge in [0.05, 0.1) is 23.4 Å². The number of aromatic nitrogens is 6. The minimum Gasteiger partial charge on any atom is -0.474 e. The number of nitrogens with one attached hydrogen (secondary N) is 3. The Hall–Kier alpha value is -4.77. The predicted octanol–water partition coefficient (Wildman–Crippen LogP) is 4.60. The molecule has 1 saturated heterocycles. The van der Waals surface area contributed by atoms with Gasteiger partial charge in [0.25, 0.3) is 0 Å². The van der Waals surface area contributed by atoms with Gasteiger partial charge >= 0.3 is 0 Å². The molecule has 1 aliphatic rings. The Balaban J connectivity index is 1.12. The van der Waals surface area contributed by atoms with Crippen LogP contribution in [-0.2, 0) is 11.8 Å². The van der Waals surface area contributed by atoms with E-state index in [1.165, 1.54) is 0 Å². The lowest BCUT2D eigenvalue weighted by Gasteiger charge is -2.31. The van der Waals surface area contributed by atoms with Crippen molar-refractivity contribution in [2.24, 2.45) is 7.05 Å². The molecule has 1 fully saturated rings. The van der Waals surface area contributed by atoms with Gasteiger partial charge in [0.2, 0.25) is 17.7 Å². The van der Waals surface area contributed by atoms with E-state index in [2.05, 4.69) is 35.6 Å². The number of aryl methyl sites for hydroxylation is 3. The number of hydrogen-bond donors (Lipinski definition) is 3. The van der Waals surface area contributed by atoms with Crippen molar-refractivity contribution in [3.8, 4) is 17.1 Å². The summed E-state index contributed by atoms with van der Waals surface area (Å²) in [5.74, 6) is 1.76. The van der Waals surface area contributed by atoms with E-state index in [1.54, 1.807) is 17.1 Å². The van der Waals surface area contributed by atoms with Crippen LogP contribution in [0.25, 0.3) is 22.2 Å². The number of H-pyrrole nitrogens is 1. The quantitative estimate of drug-likeness (QED) is 0.256. The standard InChI is InChI=1S/C30H33N9O2/c1-19-16-33-30(35-25-15-20(2)38(3)37-25)36-28(19)23-17-32-29-22(23)7-6-8-24(29)34-26(40)18-39-13-10-21(11-14-39)41-27-9-4-5-12-31-27/h4-9,12,15-17,21,32H,10-11,13-14,18H2,1-3H3,(H,34,40)(H,33,35,36,37). The number of anilines is 3. The molecule has 1 aromatic carbocycles. The SMILES string of the molecule is Cc1cnc(Nc2cc(C)n(C)n2)nc1-c1c[nH]c2c(NC(=O)CN3CCC(Oc4ccccn4)CC3)cccc12. The molecule has 6 rings (SSSR count). The van der Waals surface area contributed by atoms with Gasteiger partial charge in [0.1, 0.15) is 6.10 Å². The molecule has 41 heavy (non-hydrogen) atoms. The number of nitrogens with zero attached hydrogens (tertiary/aromatic N) is 6. The minimum atomic E-state index is -0.0481. The van der Waals surface area contributed by atoms with Crippen molar-refractivity contribution in [3.05, 3.63) is 72.3 Å². The first-order valence-corrected chi connectivity index (χ1v) is 13.7. The zero-order chi connectivity index (χ0) is 28.3. The zero-order valence-electron chi connectivity index (χ0n) is 23.4. The Kier molecular flexibility index (Phi) is 7.34. The average molecular weight is 552 g/mol. The molecule has 0 unspecified atom stereocenters. The molecular weight excluding hydrogens is 518 g/mol. The maximum Gasteiger partial charge on any atom is 0.238 e. The van der Waals surface area contributed by atoms with E-state index >= 15 is 0 Å². The Bertz CT molecular complexity index is 1650. The van der Waals surface area contributed by atoms with Crippen LogP contribution >= 0.6 is 0 Å². The summed E-state index contributed by atoms with van der Waals surface area (Å²) in [4.78, 5) is 32.0. The molecule has 11 heteroatoms. The highest BCUT2D eigenvalue weighted by Gasteiger charge is 2.23. The summed E-state index contributed by atoms with van der Waals surface area (Å²) in [5, 5.41) is 11.7. The molecule has 5 heterocycles. The molecule has 0 spiro atoms. The number of pyridine rings is 1. The summed E-state index contributed by atoms with van der Waals surface area (Å²) in [7, 11) is 1.89. The van der Waals surface area contributed by atoms with Crippen molar-refractivity contribution >= 4 is 34.3 Å². The fourth-order valence-electron chi connectivity index (χ4n) is 5.13. The Morgan fingerprint density at radius 3 is 2.73 bits per heavy atom. The highest BCUT2D eigenvalue weighted by atomic mass is 16.5. The summed E-state index contributed by atoms with van der Waals surface area (Å²) in [6, 6.07) is 13.5. The largest absolute Gasteiger partial charge is 0.474 e. The van der Waals surface area contributed by atoms with Gasteiger partial charge in [0.15, 0.2) is 5.82 Å². The van der Waals surface area contributed by atoms with Crippen LogP contribution in [0.2, 0.25) is 0 Å². The lowest BCUT2D eigenvalue weighted by Crippen LogP contribution is -2.42. The van der Waals surface area contributed by atoms with Crippen LogP contribution in [0.4, 0.5) is 17.5 Å². The zero-order valence-corrected chi connectivity index (χ0v) is 23.4. The van der Waals surface area contributed by atoms with Gasteiger partial charge in [-0.15, -0.1) is 0 Å². The number of rotatable bonds is 8. The third-order valence-electron chi connectivity index (χ3n) is 7.40. The van der Waals surface area contributed by atoms with Crippen LogP contribution in [0.3, 0.4) is 0 Å². The van der Waals surface area contributed by atoms with Crippen LogP contribution in [0.1, 0.15) is 24.1 Å². The number of piperidine rings is 1. The van der Waals surface area contributed by atoms with Gasteiger partial charge in [-0.2, -0.15) is 5.10 Å². The number of para-hydroxylation sites is 1. The molecule has 3 N–H and O–H groups in total. The molecule has 0 saturated carbocycles. The highest BCUT2D eigenvalue weighted by molar-refractivity contribution is 6.06. The van der Waals surface area contributed by atoms with Crippen molar-refractivity contribution in [2.75, 3.05) is 30.3 Å². The highest BCUT2D eigenvalue weighted by Crippen LogP contribution is 2.33. The number of aromatic amines is 1. The van der Waals surface area contributed by atoms with Crippen molar-refractivity contribution < 1.29 is 9.53 Å². The molecule has 0 bridgehead atoms. The van der Waals surface area contributed by atoms with E-state index in [1.807, 2.05) is 69.6 Å². The number of fused-ring (bicyclic) bond motifs is 1. The molecule has 0 aliphatic carbocycles. The topological polar surface area (TPSA) is 126 Å². The van der Waals surface area contributed by atoms with Crippen LogP contribution in [-0.4, -0.2) is 66.3 Å². The van der Waals surface area contributed by atoms with Crippen molar-refractivity contribution in [2.45, 2.75) is 32.8 Å². The van der Waals surface area contributed by atoms with E-state index in [9.17, 15) is 4.79 Å². The normalized spacial score (nSPS) is 14.3. The Labute approximate surface area is 238 Å². The molecule has 1 aliphatic heterocycles. The van der Waals surface area contributed by atoms with Crippen LogP contribution in [0, 0.1) is 13.8 Å². The molecule has 4 aromatic heterocycles. The molecule has 210 valence electrons. The first-order chi connectivity index (χ1) is 19.9. The van der Waals surface area contributed by atoms with Gasteiger partial charge < -0.3 is 20.4 Å². The second-order valence-electron chi connectivity index (χ2n) is 10.4. The average Bonchev–Trinajstić information content (AvgIpc) is 3.54. The summed E-state index contributed by atoms with van der Waals surface area (Å²) >= 11 is 0. The van der Waals surface area contributed by atoms with Crippen molar-refractivity contribution in [1.82, 2.24) is 34.6 Å². The summed E-state index contributed by atoms with van der Waals surface area (Å²) in [5.41, 5.74) is 5.31. The molecule has 0 radical (unpaired) electrons. The van der Waals surface area contributed by atoms with Crippen molar-refractivity contribution in [3.63, 3.8) is 0 Å². The second kappa shape index (κ2) is 11.4. The van der Waals surface area contributed by atoms with Crippen molar-refractivity contribution in [1.29, 1.82) is 0 Å². The number of carbonyl (C=O) groups is 1. The maximum atomic E-state index is 13.0. The third-order valence-corrected chi connectivity index (χ3v) is 7.40. The predicted molar refractivity (Wildman–Crippen MR) is 158 cm³/mol. The fourth-order valence-corrected chi connectivity index (χ4v) is 5.13. The van der Waals surface area contributed by atoms with Crippen LogP contribution in [0.5, 0.6) is 5.88 Å². The number of benzene rings is 1. The summed E-state index contributed by atoms with van der Waals surface area (Å²) < 4.78 is 7.78. The van der Waals surface area contributed by atoms with E-state index in [0.717, 1.165) is 65.0 Å². The van der Waals surface area contributed by atoms with E-state index in [0.29, 0.717) is 24.2 Å². The smallest absolute Gasteiger partial charge is 0.238 e. The monoisotopic (exact) mass is 551 g/mol. The number of hydrogen-bond acceptors (Lipinski definition) is 8. The first-order valence-electron chi connectivity index (χ1n) is 13.7. The molecule has 11 nitrogen and oxygen atoms in total. The Morgan fingerprint density at radius 2 is 1.98 bits per heavy atom. The Morgan fingerprint density at radius 1 is 1.12 bits per heavy atom. The number of carbonyl (C=O) groups excluding carboxylic acids is 1. The molecule has 0 atom stereocenters. The molecule has 1 amide bonds. The van der Waals surface area contributed by atoms with E-state index in [-0.39, 0.29) is 12.0 Å². The van der Waals surface area contributed by atoms with Gasteiger partial charge in [-0.25, -0.2) is 15.0 Å². The van der Waals surface area contributed by atoms with Gasteiger partial charge in [-0.3, -0.25) is 14.4 Å². The fraction of sp³-hybridized carbons (Fsp3) is 0.300. The lowest BCUT2D eigenvalue weighted by atomic mass is 10.1. The molecular formula is C30H33N9O2. The maximum absolute atomic E-state index is 13.0. The number of likely N-dealkylation sites (tertiary alicyclic amines) is 1. The van der Waals surface area contributed by atoms with E-state index in [4.69, 9.17) is 9.72 Å². The number of ether oxygens (including phenoxy) is 1. The lowest BCUT2D eigenvalue weighted by molar-refractivity contribution is -0.117. The number of amides is 1. The summed E-state index contributed by atoms with van der Waals surface area (Å²) in [6.07, 6.45) is 7.29. The minimum absolute atomic E-state index is 0.0481. The second-order valence-corrected chi connectivity index (χ2v) is 10.4. The van der Waals surface area contributed by atoms with Gasteiger partial charge in [-0.1, -0.05) is 18.2 Å². The van der Waals surface area contributed by atoms with Gasteiger partial charge in [0, 0.05) is 67.5 Å². The first kappa shape index (κ1) is 26.5. The summed E-state index contributed by atoms with van der Waals surface area (Å²) in [6.45, 7) is 5.89. The third kappa shape index (κ3) is 5.90. The van der Waals surface area contributed by atoms with E-state index < -0.39 is 0 Å². The van der Waals surface area contributed by atoms with Crippen LogP contribution in [0.15, 0.2) is 61.1 Å².